The van der Waals surface area contributed by atoms with Crippen LogP contribution in [0.4, 0.5) is 20.6 Å². The molecule has 9 rings (SSSR count). The van der Waals surface area contributed by atoms with Gasteiger partial charge in [0.1, 0.15) is 40.9 Å². The highest BCUT2D eigenvalue weighted by Gasteiger charge is 2.62. The molecule has 2 aliphatic carbocycles. The number of carbonyl (C=O) groups is 4. The van der Waals surface area contributed by atoms with Crippen molar-refractivity contribution in [3.63, 3.8) is 0 Å². The number of hydrogen-bond donors (Lipinski definition) is 3. The number of fused-ring (bicyclic) bond motifs is 5. The van der Waals surface area contributed by atoms with Gasteiger partial charge >= 0.3 is 6.09 Å². The van der Waals surface area contributed by atoms with Crippen molar-refractivity contribution >= 4 is 45.2 Å². The number of ether oxygens (including phenoxy) is 1. The Bertz CT molecular complexity index is 2220. The van der Waals surface area contributed by atoms with Gasteiger partial charge in [-0.3, -0.25) is 33.6 Å². The van der Waals surface area contributed by atoms with Crippen LogP contribution in [0.3, 0.4) is 0 Å². The Balaban J connectivity index is 1.00. The lowest BCUT2D eigenvalue weighted by molar-refractivity contribution is -0.140. The summed E-state index contributed by atoms with van der Waals surface area (Å²) in [5.41, 5.74) is -1.38. The average molecular weight is 807 g/mol. The maximum Gasteiger partial charge on any atom is 0.410 e. The van der Waals surface area contributed by atoms with E-state index in [1.165, 1.54) is 15.9 Å². The molecule has 2 saturated carbocycles. The first-order chi connectivity index (χ1) is 27.3. The number of anilines is 2. The molecule has 0 radical (unpaired) electrons. The second-order valence-electron chi connectivity index (χ2n) is 16.9. The van der Waals surface area contributed by atoms with E-state index in [2.05, 4.69) is 15.4 Å². The third-order valence-corrected chi connectivity index (χ3v) is 15.0. The molecule has 7 aliphatic rings. The first-order valence-electron chi connectivity index (χ1n) is 20.3. The van der Waals surface area contributed by atoms with Crippen LogP contribution in [0.2, 0.25) is 0 Å². The highest BCUT2D eigenvalue weighted by molar-refractivity contribution is 7.91. The summed E-state index contributed by atoms with van der Waals surface area (Å²) in [5.74, 6) is -3.02. The molecule has 5 fully saturated rings. The standard InChI is InChI=1S/C40H47FN6O9S/c41-29-9-6-7-22-19-45(21-28(22)29)39(53)56-26-17-31-36(50)43-40(38(52)44-57(54,55)27-15-16-27)18-23(40)8-4-2-1-3-5-10-30(37(51)46(31)20-26)42-32-33(35(49)34(32)48)47-24-11-12-25(47)14-13-24/h4,6-9,23-27,30-31,42H,1-3,5,10-21H2,(H,43,50)(H,44,52)/b8-4-/t23-,24?,25?,26+,30-,31-,40+/m0/s1. The van der Waals surface area contributed by atoms with Crippen molar-refractivity contribution in [1.29, 1.82) is 0 Å². The molecule has 4 amide bonds. The number of amides is 4. The lowest BCUT2D eigenvalue weighted by Gasteiger charge is -2.32. The van der Waals surface area contributed by atoms with Crippen molar-refractivity contribution in [2.45, 2.75) is 138 Å². The van der Waals surface area contributed by atoms with Gasteiger partial charge in [-0.2, -0.15) is 0 Å². The molecular formula is C40H47FN6O9S. The summed E-state index contributed by atoms with van der Waals surface area (Å²) in [5, 5.41) is 5.30. The first-order valence-corrected chi connectivity index (χ1v) is 21.8. The van der Waals surface area contributed by atoms with Gasteiger partial charge in [-0.25, -0.2) is 17.6 Å². The van der Waals surface area contributed by atoms with E-state index in [1.54, 1.807) is 12.1 Å². The Morgan fingerprint density at radius 3 is 2.40 bits per heavy atom. The van der Waals surface area contributed by atoms with E-state index in [0.717, 1.165) is 38.5 Å². The number of allylic oxidation sites excluding steroid dienone is 1. The molecule has 3 N–H and O–H groups in total. The minimum absolute atomic E-state index is 0.00859. The number of carbonyl (C=O) groups excluding carboxylic acids is 4. The topological polar surface area (TPSA) is 192 Å². The Hall–Kier alpha value is -4.80. The van der Waals surface area contributed by atoms with Crippen molar-refractivity contribution in [1.82, 2.24) is 19.8 Å². The molecule has 2 bridgehead atoms. The van der Waals surface area contributed by atoms with Crippen LogP contribution in [-0.2, 0) is 42.2 Å². The van der Waals surface area contributed by atoms with Gasteiger partial charge in [0, 0.05) is 36.5 Å². The molecule has 57 heavy (non-hydrogen) atoms. The highest BCUT2D eigenvalue weighted by atomic mass is 32.2. The smallest absolute Gasteiger partial charge is 0.410 e. The predicted octanol–water partition coefficient (Wildman–Crippen LogP) is 2.46. The summed E-state index contributed by atoms with van der Waals surface area (Å²) in [6.45, 7) is -0.0780. The number of nitrogens with zero attached hydrogens (tertiary/aromatic N) is 3. The summed E-state index contributed by atoms with van der Waals surface area (Å²) < 4.78 is 48.3. The van der Waals surface area contributed by atoms with Crippen LogP contribution >= 0.6 is 0 Å². The largest absolute Gasteiger partial charge is 0.444 e. The van der Waals surface area contributed by atoms with Gasteiger partial charge in [-0.1, -0.05) is 37.1 Å². The van der Waals surface area contributed by atoms with Crippen molar-refractivity contribution < 1.29 is 36.7 Å². The highest BCUT2D eigenvalue weighted by Crippen LogP contribution is 2.46. The number of rotatable bonds is 7. The predicted molar refractivity (Wildman–Crippen MR) is 205 cm³/mol. The molecule has 3 saturated heterocycles. The molecule has 2 aromatic rings. The van der Waals surface area contributed by atoms with E-state index >= 15 is 0 Å². The van der Waals surface area contributed by atoms with Gasteiger partial charge in [0.15, 0.2) is 0 Å². The molecule has 17 heteroatoms. The number of hydrogen-bond acceptors (Lipinski definition) is 11. The molecule has 5 atom stereocenters. The maximum absolute atomic E-state index is 14.8. The molecule has 304 valence electrons. The summed E-state index contributed by atoms with van der Waals surface area (Å²) in [7, 11) is -3.94. The summed E-state index contributed by atoms with van der Waals surface area (Å²) >= 11 is 0. The van der Waals surface area contributed by atoms with Gasteiger partial charge in [-0.05, 0) is 75.8 Å². The van der Waals surface area contributed by atoms with Crippen molar-refractivity contribution in [3.05, 3.63) is 67.7 Å². The normalized spacial score (nSPS) is 31.8. The molecule has 0 unspecified atom stereocenters. The number of nitrogens with one attached hydrogen (secondary N) is 3. The zero-order chi connectivity index (χ0) is 39.8. The molecule has 2 aromatic carbocycles. The third kappa shape index (κ3) is 6.78. The number of benzene rings is 1. The van der Waals surface area contributed by atoms with E-state index in [-0.39, 0.29) is 56.7 Å². The lowest BCUT2D eigenvalue weighted by Crippen LogP contribution is -2.58. The Labute approximate surface area is 329 Å². The van der Waals surface area contributed by atoms with Crippen LogP contribution in [0, 0.1) is 11.7 Å². The Morgan fingerprint density at radius 2 is 1.68 bits per heavy atom. The summed E-state index contributed by atoms with van der Waals surface area (Å²) in [4.78, 5) is 87.3. The lowest BCUT2D eigenvalue weighted by atomic mass is 10.0. The molecular weight excluding hydrogens is 760 g/mol. The summed E-state index contributed by atoms with van der Waals surface area (Å²) in [6, 6.07) is 2.68. The quantitative estimate of drug-likeness (QED) is 0.275. The van der Waals surface area contributed by atoms with E-state index in [1.807, 2.05) is 17.1 Å². The fourth-order valence-corrected chi connectivity index (χ4v) is 11.2. The van der Waals surface area contributed by atoms with Gasteiger partial charge < -0.3 is 25.2 Å². The van der Waals surface area contributed by atoms with Gasteiger partial charge in [0.25, 0.3) is 16.8 Å². The van der Waals surface area contributed by atoms with Crippen LogP contribution in [0.15, 0.2) is 39.9 Å². The second-order valence-corrected chi connectivity index (χ2v) is 18.9. The van der Waals surface area contributed by atoms with E-state index in [0.29, 0.717) is 42.5 Å². The molecule has 15 nitrogen and oxygen atoms in total. The minimum Gasteiger partial charge on any atom is -0.444 e. The summed E-state index contributed by atoms with van der Waals surface area (Å²) in [6.07, 6.45) is 9.64. The molecule has 0 aromatic heterocycles. The van der Waals surface area contributed by atoms with Gasteiger partial charge in [-0.15, -0.1) is 0 Å². The van der Waals surface area contributed by atoms with Crippen LogP contribution in [-0.4, -0.2) is 89.6 Å². The SMILES string of the molecule is O=C1N[C@]2(C(=O)NS(=O)(=O)C3CC3)C[C@@H]2/C=C\CCCCC[C@H](Nc2c(N3C4CCC3CC4)c(=O)c2=O)C(=O)N2C[C@H](OC(=O)N3Cc4cccc(F)c4C3)C[C@@H]12. The van der Waals surface area contributed by atoms with E-state index in [4.69, 9.17) is 4.74 Å². The van der Waals surface area contributed by atoms with Crippen LogP contribution in [0.25, 0.3) is 0 Å². The van der Waals surface area contributed by atoms with E-state index in [9.17, 15) is 41.6 Å². The van der Waals surface area contributed by atoms with Crippen LogP contribution in [0.5, 0.6) is 0 Å². The Morgan fingerprint density at radius 1 is 0.930 bits per heavy atom. The third-order valence-electron chi connectivity index (χ3n) is 13.2. The van der Waals surface area contributed by atoms with Crippen LogP contribution in [0.1, 0.15) is 94.6 Å². The number of halogens is 1. The van der Waals surface area contributed by atoms with Crippen LogP contribution < -0.4 is 31.1 Å². The fourth-order valence-electron chi connectivity index (χ4n) is 9.79. The van der Waals surface area contributed by atoms with Crippen molar-refractivity contribution in [3.8, 4) is 0 Å². The zero-order valence-electron chi connectivity index (χ0n) is 31.5. The molecule has 5 aliphatic heterocycles. The van der Waals surface area contributed by atoms with Gasteiger partial charge in [0.05, 0.1) is 18.3 Å². The first kappa shape index (κ1) is 37.8. The van der Waals surface area contributed by atoms with Gasteiger partial charge in [0.2, 0.25) is 21.8 Å². The fraction of sp³-hybridized carbons (Fsp3) is 0.600. The second kappa shape index (κ2) is 14.2. The van der Waals surface area contributed by atoms with Crippen molar-refractivity contribution in [2.75, 3.05) is 16.8 Å². The minimum atomic E-state index is -3.94. The maximum atomic E-state index is 14.8. The molecule has 0 spiro atoms. The molecule has 5 heterocycles. The Kier molecular flexibility index (Phi) is 9.43. The monoisotopic (exact) mass is 806 g/mol. The zero-order valence-corrected chi connectivity index (χ0v) is 32.4. The number of sulfonamides is 1. The van der Waals surface area contributed by atoms with E-state index < -0.39 is 85.4 Å². The van der Waals surface area contributed by atoms with Crippen molar-refractivity contribution in [2.24, 2.45) is 5.92 Å². The average Bonchev–Trinajstić information content (AvgIpc) is 3.94.